The van der Waals surface area contributed by atoms with E-state index in [1.54, 1.807) is 0 Å². The number of amides is 1. The van der Waals surface area contributed by atoms with E-state index in [9.17, 15) is 24.8 Å². The standard InChI is InChI=1S/C21H22N4O5/c1-23(2)12-3-13-24-18(14-4-6-16(7-5-14)25(29)30)17(20(27)21(24)28)19(26)15-8-10-22-11-9-15/h4-11,18,26H,3,12-13H2,1-2H3. The Morgan fingerprint density at radius 2 is 1.77 bits per heavy atom. The van der Waals surface area contributed by atoms with Crippen LogP contribution in [-0.2, 0) is 9.59 Å². The van der Waals surface area contributed by atoms with Crippen LogP contribution in [0.5, 0.6) is 0 Å². The Bertz CT molecular complexity index is 986. The van der Waals surface area contributed by atoms with Gasteiger partial charge in [-0.05, 0) is 35.4 Å². The molecule has 2 aromatic rings. The van der Waals surface area contributed by atoms with Crippen LogP contribution in [0.3, 0.4) is 0 Å². The molecule has 30 heavy (non-hydrogen) atoms. The summed E-state index contributed by atoms with van der Waals surface area (Å²) in [6.45, 7) is 1.07. The van der Waals surface area contributed by atoms with Gasteiger partial charge >= 0.3 is 0 Å². The summed E-state index contributed by atoms with van der Waals surface area (Å²) < 4.78 is 0. The molecule has 9 nitrogen and oxygen atoms in total. The molecular formula is C21H22N4O5. The van der Waals surface area contributed by atoms with Crippen molar-refractivity contribution in [1.82, 2.24) is 9.88 Å². The minimum Gasteiger partial charge on any atom is -0.872 e. The SMILES string of the molecule is C[NH+](C)CCCN1C(=O)C(=O)C(=C([O-])c2ccncc2)C1c1ccc([N+](=O)[O-])cc1. The van der Waals surface area contributed by atoms with Gasteiger partial charge in [0.1, 0.15) is 0 Å². The van der Waals surface area contributed by atoms with Crippen molar-refractivity contribution in [2.24, 2.45) is 0 Å². The summed E-state index contributed by atoms with van der Waals surface area (Å²) in [6, 6.07) is 7.66. The normalized spacial score (nSPS) is 18.2. The molecule has 1 aromatic heterocycles. The van der Waals surface area contributed by atoms with Gasteiger partial charge in [0, 0.05) is 43.1 Å². The molecule has 1 amide bonds. The van der Waals surface area contributed by atoms with Crippen LogP contribution in [0, 0.1) is 10.1 Å². The smallest absolute Gasteiger partial charge is 0.295 e. The molecule has 0 spiro atoms. The van der Waals surface area contributed by atoms with Crippen LogP contribution in [0.4, 0.5) is 5.69 Å². The molecule has 1 N–H and O–H groups in total. The second kappa shape index (κ2) is 8.83. The van der Waals surface area contributed by atoms with Gasteiger partial charge in [0.15, 0.2) is 0 Å². The van der Waals surface area contributed by atoms with Gasteiger partial charge in [0.05, 0.1) is 31.6 Å². The molecule has 1 aliphatic heterocycles. The first-order valence-corrected chi connectivity index (χ1v) is 9.51. The van der Waals surface area contributed by atoms with Crippen LogP contribution < -0.4 is 10.0 Å². The Morgan fingerprint density at radius 3 is 2.33 bits per heavy atom. The summed E-state index contributed by atoms with van der Waals surface area (Å²) in [5.74, 6) is -2.11. The minimum absolute atomic E-state index is 0.112. The number of likely N-dealkylation sites (tertiary alicyclic amines) is 1. The van der Waals surface area contributed by atoms with E-state index in [-0.39, 0.29) is 16.8 Å². The third-order valence-corrected chi connectivity index (χ3v) is 4.97. The fourth-order valence-electron chi connectivity index (χ4n) is 3.49. The highest BCUT2D eigenvalue weighted by Gasteiger charge is 2.44. The number of nitrogens with zero attached hydrogens (tertiary/aromatic N) is 3. The summed E-state index contributed by atoms with van der Waals surface area (Å²) in [5, 5.41) is 24.1. The van der Waals surface area contributed by atoms with E-state index in [2.05, 4.69) is 4.98 Å². The largest absolute Gasteiger partial charge is 0.872 e. The number of pyridine rings is 1. The summed E-state index contributed by atoms with van der Waals surface area (Å²) in [4.78, 5) is 42.5. The predicted molar refractivity (Wildman–Crippen MR) is 106 cm³/mol. The number of nitrogens with one attached hydrogen (secondary N) is 1. The number of hydrogen-bond acceptors (Lipinski definition) is 6. The van der Waals surface area contributed by atoms with E-state index >= 15 is 0 Å². The highest BCUT2D eigenvalue weighted by atomic mass is 16.6. The molecule has 1 atom stereocenters. The van der Waals surface area contributed by atoms with Crippen LogP contribution in [0.25, 0.3) is 5.76 Å². The lowest BCUT2D eigenvalue weighted by Gasteiger charge is -2.27. The number of aromatic nitrogens is 1. The van der Waals surface area contributed by atoms with Crippen molar-refractivity contribution >= 4 is 23.1 Å². The number of hydrogen-bond donors (Lipinski definition) is 1. The first-order chi connectivity index (χ1) is 14.3. The molecule has 0 aliphatic carbocycles. The number of non-ortho nitro benzene ring substituents is 1. The first-order valence-electron chi connectivity index (χ1n) is 9.51. The lowest BCUT2D eigenvalue weighted by Crippen LogP contribution is -3.05. The number of carbonyl (C=O) groups excluding carboxylic acids is 2. The second-order valence-electron chi connectivity index (χ2n) is 7.37. The fourth-order valence-corrected chi connectivity index (χ4v) is 3.49. The van der Waals surface area contributed by atoms with Gasteiger partial charge in [-0.1, -0.05) is 5.76 Å². The number of nitro benzene ring substituents is 1. The van der Waals surface area contributed by atoms with Crippen LogP contribution in [0.2, 0.25) is 0 Å². The van der Waals surface area contributed by atoms with Gasteiger partial charge in [-0.2, -0.15) is 0 Å². The number of ketones is 1. The summed E-state index contributed by atoms with van der Waals surface area (Å²) in [7, 11) is 3.96. The molecule has 1 unspecified atom stereocenters. The molecular weight excluding hydrogens is 388 g/mol. The summed E-state index contributed by atoms with van der Waals surface area (Å²) in [6.07, 6.45) is 3.52. The Balaban J connectivity index is 2.08. The highest BCUT2D eigenvalue weighted by molar-refractivity contribution is 6.46. The lowest BCUT2D eigenvalue weighted by atomic mass is 9.95. The topological polar surface area (TPSA) is 121 Å². The Labute approximate surface area is 173 Å². The average molecular weight is 410 g/mol. The van der Waals surface area contributed by atoms with Crippen molar-refractivity contribution in [3.8, 4) is 0 Å². The molecule has 1 saturated heterocycles. The monoisotopic (exact) mass is 410 g/mol. The molecule has 156 valence electrons. The van der Waals surface area contributed by atoms with Crippen molar-refractivity contribution in [2.75, 3.05) is 27.2 Å². The van der Waals surface area contributed by atoms with Crippen molar-refractivity contribution in [2.45, 2.75) is 12.5 Å². The zero-order chi connectivity index (χ0) is 21.8. The quantitative estimate of drug-likeness (QED) is 0.221. The molecule has 1 aromatic carbocycles. The van der Waals surface area contributed by atoms with Gasteiger partial charge in [0.2, 0.25) is 5.78 Å². The number of Topliss-reactive ketones (excluding diaryl/α,β-unsaturated/α-hetero) is 1. The Kier molecular flexibility index (Phi) is 6.22. The molecule has 9 heteroatoms. The van der Waals surface area contributed by atoms with Crippen molar-refractivity contribution in [3.05, 3.63) is 75.6 Å². The summed E-state index contributed by atoms with van der Waals surface area (Å²) in [5.41, 5.74) is 0.485. The van der Waals surface area contributed by atoms with Crippen molar-refractivity contribution in [3.63, 3.8) is 0 Å². The number of carbonyl (C=O) groups is 2. The number of nitro groups is 1. The third-order valence-electron chi connectivity index (χ3n) is 4.97. The van der Waals surface area contributed by atoms with Gasteiger partial charge in [-0.15, -0.1) is 0 Å². The van der Waals surface area contributed by atoms with Gasteiger partial charge in [0.25, 0.3) is 11.6 Å². The lowest BCUT2D eigenvalue weighted by molar-refractivity contribution is -0.858. The maximum atomic E-state index is 13.1. The Hall–Kier alpha value is -3.59. The van der Waals surface area contributed by atoms with E-state index in [4.69, 9.17) is 0 Å². The first kappa shape index (κ1) is 21.1. The molecule has 0 saturated carbocycles. The van der Waals surface area contributed by atoms with Crippen LogP contribution >= 0.6 is 0 Å². The molecule has 1 fully saturated rings. The maximum Gasteiger partial charge on any atom is 0.295 e. The van der Waals surface area contributed by atoms with Crippen LogP contribution in [0.15, 0.2) is 54.4 Å². The van der Waals surface area contributed by atoms with Crippen LogP contribution in [0.1, 0.15) is 23.6 Å². The van der Waals surface area contributed by atoms with E-state index in [0.29, 0.717) is 18.5 Å². The van der Waals surface area contributed by atoms with Crippen molar-refractivity contribution < 1.29 is 24.5 Å². The number of rotatable bonds is 7. The van der Waals surface area contributed by atoms with Gasteiger partial charge in [-0.3, -0.25) is 24.7 Å². The molecule has 0 bridgehead atoms. The molecule has 1 aliphatic rings. The number of benzene rings is 1. The highest BCUT2D eigenvalue weighted by Crippen LogP contribution is 2.39. The van der Waals surface area contributed by atoms with Gasteiger partial charge in [-0.25, -0.2) is 0 Å². The van der Waals surface area contributed by atoms with E-state index in [1.165, 1.54) is 58.6 Å². The third kappa shape index (κ3) is 4.20. The van der Waals surface area contributed by atoms with E-state index in [0.717, 1.165) is 6.54 Å². The maximum absolute atomic E-state index is 13.1. The van der Waals surface area contributed by atoms with E-state index < -0.39 is 28.4 Å². The second-order valence-corrected chi connectivity index (χ2v) is 7.37. The summed E-state index contributed by atoms with van der Waals surface area (Å²) >= 11 is 0. The van der Waals surface area contributed by atoms with Crippen LogP contribution in [-0.4, -0.2) is 53.7 Å². The predicted octanol–water partition coefficient (Wildman–Crippen LogP) is -0.252. The zero-order valence-electron chi connectivity index (χ0n) is 16.7. The van der Waals surface area contributed by atoms with E-state index in [1.807, 2.05) is 14.1 Å². The molecule has 3 rings (SSSR count). The zero-order valence-corrected chi connectivity index (χ0v) is 16.7. The fraction of sp³-hybridized carbons (Fsp3) is 0.286. The minimum atomic E-state index is -0.886. The molecule has 0 radical (unpaired) electrons. The van der Waals surface area contributed by atoms with Gasteiger partial charge < -0.3 is 14.9 Å². The van der Waals surface area contributed by atoms with Crippen molar-refractivity contribution in [1.29, 1.82) is 0 Å². The molecule has 2 heterocycles. The average Bonchev–Trinajstić information content (AvgIpc) is 2.98. The Morgan fingerprint density at radius 1 is 1.13 bits per heavy atom. The number of quaternary nitrogens is 1.